The van der Waals surface area contributed by atoms with Crippen molar-refractivity contribution in [1.29, 1.82) is 0 Å². The number of nitrogens with zero attached hydrogens (tertiary/aromatic N) is 1. The fraction of sp³-hybridized carbons (Fsp3) is 1.00. The van der Waals surface area contributed by atoms with E-state index in [-0.39, 0.29) is 6.10 Å². The molecule has 1 aliphatic heterocycles. The van der Waals surface area contributed by atoms with E-state index in [1.54, 1.807) is 0 Å². The first-order chi connectivity index (χ1) is 8.24. The Bertz CT molecular complexity index is 267. The van der Waals surface area contributed by atoms with E-state index < -0.39 is 0 Å². The Morgan fingerprint density at radius 2 is 2.06 bits per heavy atom. The number of aliphatic hydroxyl groups excluding tert-OH is 1. The molecule has 4 atom stereocenters. The van der Waals surface area contributed by atoms with Crippen molar-refractivity contribution in [3.05, 3.63) is 0 Å². The van der Waals surface area contributed by atoms with Gasteiger partial charge in [-0.05, 0) is 44.9 Å². The van der Waals surface area contributed by atoms with Gasteiger partial charge in [0.25, 0.3) is 0 Å². The standard InChI is InChI=1S/C14H26N2O/c1-10-7-12(9-16(10)13-5-6-13)15-8-11-3-2-4-14(11)17/h10-15,17H,2-9H2,1H3. The summed E-state index contributed by atoms with van der Waals surface area (Å²) in [4.78, 5) is 2.68. The van der Waals surface area contributed by atoms with Crippen molar-refractivity contribution in [2.24, 2.45) is 5.92 Å². The van der Waals surface area contributed by atoms with Crippen LogP contribution in [0, 0.1) is 5.92 Å². The minimum atomic E-state index is -0.0409. The summed E-state index contributed by atoms with van der Waals surface area (Å²) in [6.45, 7) is 4.62. The van der Waals surface area contributed by atoms with Gasteiger partial charge in [0.1, 0.15) is 0 Å². The first-order valence-electron chi connectivity index (χ1n) is 7.41. The molecule has 3 aliphatic rings. The summed E-state index contributed by atoms with van der Waals surface area (Å²) < 4.78 is 0. The maximum Gasteiger partial charge on any atom is 0.0580 e. The fourth-order valence-electron chi connectivity index (χ4n) is 3.69. The number of likely N-dealkylation sites (tertiary alicyclic amines) is 1. The SMILES string of the molecule is CC1CC(NCC2CCCC2O)CN1C1CC1. The summed E-state index contributed by atoms with van der Waals surface area (Å²) in [5, 5.41) is 13.5. The highest BCUT2D eigenvalue weighted by molar-refractivity contribution is 4.96. The average molecular weight is 238 g/mol. The summed E-state index contributed by atoms with van der Waals surface area (Å²) in [5.41, 5.74) is 0. The number of aliphatic hydroxyl groups is 1. The zero-order valence-electron chi connectivity index (χ0n) is 10.9. The Kier molecular flexibility index (Phi) is 3.42. The molecule has 0 aromatic heterocycles. The molecule has 2 N–H and O–H groups in total. The van der Waals surface area contributed by atoms with Crippen LogP contribution in [0.1, 0.15) is 45.4 Å². The van der Waals surface area contributed by atoms with Crippen LogP contribution in [0.2, 0.25) is 0 Å². The van der Waals surface area contributed by atoms with Crippen molar-refractivity contribution in [1.82, 2.24) is 10.2 Å². The second-order valence-corrected chi connectivity index (χ2v) is 6.38. The molecule has 0 spiro atoms. The van der Waals surface area contributed by atoms with E-state index in [9.17, 15) is 5.11 Å². The molecule has 98 valence electrons. The van der Waals surface area contributed by atoms with Crippen molar-refractivity contribution >= 4 is 0 Å². The highest BCUT2D eigenvalue weighted by Crippen LogP contribution is 2.33. The molecule has 17 heavy (non-hydrogen) atoms. The Morgan fingerprint density at radius 1 is 1.24 bits per heavy atom. The van der Waals surface area contributed by atoms with Crippen LogP contribution in [0.15, 0.2) is 0 Å². The van der Waals surface area contributed by atoms with Gasteiger partial charge in [0, 0.05) is 31.2 Å². The van der Waals surface area contributed by atoms with E-state index in [2.05, 4.69) is 17.1 Å². The van der Waals surface area contributed by atoms with Crippen molar-refractivity contribution in [2.75, 3.05) is 13.1 Å². The van der Waals surface area contributed by atoms with Gasteiger partial charge in [-0.2, -0.15) is 0 Å². The minimum Gasteiger partial charge on any atom is -0.393 e. The minimum absolute atomic E-state index is 0.0409. The normalized spacial score (nSPS) is 43.4. The average Bonchev–Trinajstić information content (AvgIpc) is 2.96. The molecule has 0 radical (unpaired) electrons. The van der Waals surface area contributed by atoms with Crippen LogP contribution in [0.25, 0.3) is 0 Å². The third-order valence-electron chi connectivity index (χ3n) is 4.93. The monoisotopic (exact) mass is 238 g/mol. The van der Waals surface area contributed by atoms with Gasteiger partial charge in [0.15, 0.2) is 0 Å². The quantitative estimate of drug-likeness (QED) is 0.776. The smallest absolute Gasteiger partial charge is 0.0580 e. The molecule has 1 heterocycles. The molecule has 3 heteroatoms. The number of hydrogen-bond acceptors (Lipinski definition) is 3. The number of rotatable bonds is 4. The van der Waals surface area contributed by atoms with Crippen molar-refractivity contribution in [2.45, 2.75) is 69.7 Å². The molecule has 2 saturated carbocycles. The zero-order valence-corrected chi connectivity index (χ0v) is 10.9. The van der Waals surface area contributed by atoms with Gasteiger partial charge in [0.05, 0.1) is 6.10 Å². The van der Waals surface area contributed by atoms with Crippen LogP contribution in [0.4, 0.5) is 0 Å². The largest absolute Gasteiger partial charge is 0.393 e. The van der Waals surface area contributed by atoms with Crippen LogP contribution in [0.3, 0.4) is 0 Å². The Labute approximate surface area is 105 Å². The van der Waals surface area contributed by atoms with Crippen molar-refractivity contribution in [3.63, 3.8) is 0 Å². The topological polar surface area (TPSA) is 35.5 Å². The Morgan fingerprint density at radius 3 is 2.71 bits per heavy atom. The molecule has 0 aromatic carbocycles. The second kappa shape index (κ2) is 4.87. The van der Waals surface area contributed by atoms with E-state index in [1.165, 1.54) is 38.6 Å². The summed E-state index contributed by atoms with van der Waals surface area (Å²) >= 11 is 0. The Balaban J connectivity index is 1.43. The molecule has 3 rings (SSSR count). The number of hydrogen-bond donors (Lipinski definition) is 2. The fourth-order valence-corrected chi connectivity index (χ4v) is 3.69. The van der Waals surface area contributed by atoms with Crippen LogP contribution in [-0.4, -0.2) is 47.3 Å². The lowest BCUT2D eigenvalue weighted by Crippen LogP contribution is -2.38. The van der Waals surface area contributed by atoms with Crippen molar-refractivity contribution in [3.8, 4) is 0 Å². The van der Waals surface area contributed by atoms with Crippen LogP contribution >= 0.6 is 0 Å². The molecule has 1 saturated heterocycles. The third kappa shape index (κ3) is 2.67. The highest BCUT2D eigenvalue weighted by atomic mass is 16.3. The van der Waals surface area contributed by atoms with Gasteiger partial charge in [-0.3, -0.25) is 4.90 Å². The lowest BCUT2D eigenvalue weighted by molar-refractivity contribution is 0.130. The molecule has 4 unspecified atom stereocenters. The van der Waals surface area contributed by atoms with E-state index >= 15 is 0 Å². The summed E-state index contributed by atoms with van der Waals surface area (Å²) in [7, 11) is 0. The maximum atomic E-state index is 9.81. The summed E-state index contributed by atoms with van der Waals surface area (Å²) in [6.07, 6.45) is 7.52. The molecular formula is C14H26N2O. The van der Waals surface area contributed by atoms with Gasteiger partial charge in [-0.25, -0.2) is 0 Å². The predicted molar refractivity (Wildman–Crippen MR) is 68.9 cm³/mol. The van der Waals surface area contributed by atoms with Gasteiger partial charge in [-0.15, -0.1) is 0 Å². The number of nitrogens with one attached hydrogen (secondary N) is 1. The van der Waals surface area contributed by atoms with E-state index in [0.29, 0.717) is 12.0 Å². The van der Waals surface area contributed by atoms with Crippen LogP contribution in [0.5, 0.6) is 0 Å². The second-order valence-electron chi connectivity index (χ2n) is 6.38. The first-order valence-corrected chi connectivity index (χ1v) is 7.41. The summed E-state index contributed by atoms with van der Waals surface area (Å²) in [5.74, 6) is 0.514. The van der Waals surface area contributed by atoms with Crippen molar-refractivity contribution < 1.29 is 5.11 Å². The van der Waals surface area contributed by atoms with Gasteiger partial charge >= 0.3 is 0 Å². The lowest BCUT2D eigenvalue weighted by Gasteiger charge is -2.20. The van der Waals surface area contributed by atoms with E-state index in [0.717, 1.165) is 25.0 Å². The molecule has 3 fully saturated rings. The molecule has 3 nitrogen and oxygen atoms in total. The van der Waals surface area contributed by atoms with Gasteiger partial charge < -0.3 is 10.4 Å². The van der Waals surface area contributed by atoms with Gasteiger partial charge in [-0.1, -0.05) is 6.42 Å². The lowest BCUT2D eigenvalue weighted by atomic mass is 10.1. The van der Waals surface area contributed by atoms with E-state index in [1.807, 2.05) is 0 Å². The van der Waals surface area contributed by atoms with Crippen LogP contribution < -0.4 is 5.32 Å². The van der Waals surface area contributed by atoms with Gasteiger partial charge in [0.2, 0.25) is 0 Å². The molecule has 2 aliphatic carbocycles. The third-order valence-corrected chi connectivity index (χ3v) is 4.93. The van der Waals surface area contributed by atoms with Crippen LogP contribution in [-0.2, 0) is 0 Å². The first kappa shape index (κ1) is 11.9. The molecule has 0 amide bonds. The zero-order chi connectivity index (χ0) is 11.8. The van der Waals surface area contributed by atoms with E-state index in [4.69, 9.17) is 0 Å². The summed E-state index contributed by atoms with van der Waals surface area (Å²) in [6, 6.07) is 2.32. The highest BCUT2D eigenvalue weighted by Gasteiger charge is 2.38. The predicted octanol–water partition coefficient (Wildman–Crippen LogP) is 1.36. The molecule has 0 bridgehead atoms. The Hall–Kier alpha value is -0.120. The molecule has 0 aromatic rings. The maximum absolute atomic E-state index is 9.81. The molecular weight excluding hydrogens is 212 g/mol.